The van der Waals surface area contributed by atoms with Gasteiger partial charge >= 0.3 is 0 Å². The molecule has 1 unspecified atom stereocenters. The highest BCUT2D eigenvalue weighted by molar-refractivity contribution is 5.99. The molecule has 3 aromatic rings. The molecular weight excluding hydrogens is 326 g/mol. The van der Waals surface area contributed by atoms with Gasteiger partial charge in [-0.25, -0.2) is 9.50 Å². The fourth-order valence-corrected chi connectivity index (χ4v) is 3.79. The predicted octanol–water partition coefficient (Wildman–Crippen LogP) is 2.82. The molecule has 26 heavy (non-hydrogen) atoms. The van der Waals surface area contributed by atoms with Crippen LogP contribution in [-0.2, 0) is 6.54 Å². The number of hydrogen-bond acceptors (Lipinski definition) is 4. The molecule has 6 heteroatoms. The van der Waals surface area contributed by atoms with Crippen LogP contribution in [0.1, 0.15) is 46.9 Å². The fourth-order valence-electron chi connectivity index (χ4n) is 3.79. The van der Waals surface area contributed by atoms with Crippen LogP contribution in [-0.4, -0.2) is 39.0 Å². The van der Waals surface area contributed by atoms with Crippen LogP contribution in [0.4, 0.5) is 0 Å². The van der Waals surface area contributed by atoms with E-state index in [0.29, 0.717) is 11.2 Å². The van der Waals surface area contributed by atoms with Crippen molar-refractivity contribution >= 4 is 11.6 Å². The Hall–Kier alpha value is -2.73. The summed E-state index contributed by atoms with van der Waals surface area (Å²) in [6, 6.07) is 12.9. The van der Waals surface area contributed by atoms with Gasteiger partial charge in [0.2, 0.25) is 0 Å². The molecule has 2 aromatic heterocycles. The Bertz CT molecular complexity index is 905. The number of aromatic nitrogens is 3. The second kappa shape index (κ2) is 7.25. The number of piperidine rings is 1. The van der Waals surface area contributed by atoms with Crippen LogP contribution in [0.15, 0.2) is 48.8 Å². The van der Waals surface area contributed by atoms with E-state index in [9.17, 15) is 4.79 Å². The Morgan fingerprint density at radius 3 is 2.88 bits per heavy atom. The van der Waals surface area contributed by atoms with Gasteiger partial charge in [-0.05, 0) is 31.0 Å². The van der Waals surface area contributed by atoms with Gasteiger partial charge in [-0.2, -0.15) is 5.10 Å². The van der Waals surface area contributed by atoms with Gasteiger partial charge < -0.3 is 5.32 Å². The number of likely N-dealkylation sites (tertiary alicyclic amines) is 1. The van der Waals surface area contributed by atoms with Crippen LogP contribution in [0, 0.1) is 0 Å². The highest BCUT2D eigenvalue weighted by Crippen LogP contribution is 2.32. The molecule has 0 aliphatic carbocycles. The normalized spacial score (nSPS) is 18.1. The third kappa shape index (κ3) is 3.08. The van der Waals surface area contributed by atoms with Gasteiger partial charge in [0.25, 0.3) is 5.91 Å². The van der Waals surface area contributed by atoms with E-state index in [4.69, 9.17) is 0 Å². The number of rotatable bonds is 4. The second-order valence-corrected chi connectivity index (χ2v) is 6.71. The van der Waals surface area contributed by atoms with E-state index in [0.717, 1.165) is 25.2 Å². The molecule has 1 aromatic carbocycles. The molecule has 0 saturated carbocycles. The first-order valence-corrected chi connectivity index (χ1v) is 9.10. The summed E-state index contributed by atoms with van der Waals surface area (Å²) in [5.74, 6) is -0.158. The molecule has 1 aliphatic rings. The van der Waals surface area contributed by atoms with Gasteiger partial charge in [0, 0.05) is 19.8 Å². The third-order valence-corrected chi connectivity index (χ3v) is 5.09. The summed E-state index contributed by atoms with van der Waals surface area (Å²) in [5.41, 5.74) is 3.55. The summed E-state index contributed by atoms with van der Waals surface area (Å²) in [6.45, 7) is 1.98. The van der Waals surface area contributed by atoms with E-state index in [2.05, 4.69) is 44.6 Å². The lowest BCUT2D eigenvalue weighted by molar-refractivity contribution is 0.0964. The highest BCUT2D eigenvalue weighted by Gasteiger charge is 2.27. The van der Waals surface area contributed by atoms with Crippen LogP contribution in [0.25, 0.3) is 5.65 Å². The van der Waals surface area contributed by atoms with Crippen molar-refractivity contribution in [3.63, 3.8) is 0 Å². The van der Waals surface area contributed by atoms with Crippen molar-refractivity contribution in [1.29, 1.82) is 0 Å². The quantitative estimate of drug-likeness (QED) is 0.787. The van der Waals surface area contributed by atoms with Gasteiger partial charge in [-0.3, -0.25) is 9.69 Å². The number of nitrogens with zero attached hydrogens (tertiary/aromatic N) is 4. The molecule has 1 aliphatic heterocycles. The van der Waals surface area contributed by atoms with E-state index in [-0.39, 0.29) is 11.9 Å². The molecule has 4 rings (SSSR count). The van der Waals surface area contributed by atoms with Gasteiger partial charge in [0.15, 0.2) is 5.65 Å². The Morgan fingerprint density at radius 1 is 1.23 bits per heavy atom. The van der Waals surface area contributed by atoms with Crippen LogP contribution >= 0.6 is 0 Å². The van der Waals surface area contributed by atoms with E-state index in [1.165, 1.54) is 18.4 Å². The molecule has 0 spiro atoms. The number of benzene rings is 1. The maximum absolute atomic E-state index is 12.1. The van der Waals surface area contributed by atoms with Crippen molar-refractivity contribution in [2.24, 2.45) is 0 Å². The molecule has 6 nitrogen and oxygen atoms in total. The minimum absolute atomic E-state index is 0.158. The molecule has 1 atom stereocenters. The van der Waals surface area contributed by atoms with Crippen molar-refractivity contribution in [3.05, 3.63) is 65.6 Å². The van der Waals surface area contributed by atoms with Crippen LogP contribution in [0.5, 0.6) is 0 Å². The number of hydrogen-bond donors (Lipinski definition) is 1. The largest absolute Gasteiger partial charge is 0.355 e. The molecule has 1 amide bonds. The average Bonchev–Trinajstić information content (AvgIpc) is 3.13. The maximum atomic E-state index is 12.1. The number of nitrogens with one attached hydrogen (secondary N) is 1. The Morgan fingerprint density at radius 2 is 2.08 bits per heavy atom. The summed E-state index contributed by atoms with van der Waals surface area (Å²) in [7, 11) is 1.62. The highest BCUT2D eigenvalue weighted by atomic mass is 16.1. The summed E-state index contributed by atoms with van der Waals surface area (Å²) in [4.78, 5) is 19.0. The maximum Gasteiger partial charge on any atom is 0.256 e. The molecule has 1 saturated heterocycles. The molecule has 3 heterocycles. The Kier molecular flexibility index (Phi) is 4.67. The lowest BCUT2D eigenvalue weighted by Crippen LogP contribution is -2.34. The number of carbonyl (C=O) groups excluding carboxylic acids is 1. The van der Waals surface area contributed by atoms with Gasteiger partial charge in [-0.15, -0.1) is 0 Å². The van der Waals surface area contributed by atoms with Crippen molar-refractivity contribution in [2.75, 3.05) is 13.6 Å². The van der Waals surface area contributed by atoms with Gasteiger partial charge in [0.05, 0.1) is 17.9 Å². The van der Waals surface area contributed by atoms with Gasteiger partial charge in [0.1, 0.15) is 5.56 Å². The lowest BCUT2D eigenvalue weighted by Gasteiger charge is -2.36. The molecule has 0 bridgehead atoms. The number of fused-ring (bicyclic) bond motifs is 1. The van der Waals surface area contributed by atoms with Gasteiger partial charge in [-0.1, -0.05) is 36.8 Å². The third-order valence-electron chi connectivity index (χ3n) is 5.09. The van der Waals surface area contributed by atoms with E-state index < -0.39 is 0 Å². The molecular formula is C20H23N5O. The first-order valence-electron chi connectivity index (χ1n) is 9.10. The molecule has 1 N–H and O–H groups in total. The monoisotopic (exact) mass is 349 g/mol. The first kappa shape index (κ1) is 16.7. The fraction of sp³-hybridized carbons (Fsp3) is 0.350. The van der Waals surface area contributed by atoms with Crippen molar-refractivity contribution in [1.82, 2.24) is 24.8 Å². The number of amides is 1. The zero-order valence-electron chi connectivity index (χ0n) is 14.9. The Labute approximate surface area is 152 Å². The van der Waals surface area contributed by atoms with Crippen molar-refractivity contribution in [3.8, 4) is 0 Å². The van der Waals surface area contributed by atoms with Crippen LogP contribution in [0.2, 0.25) is 0 Å². The van der Waals surface area contributed by atoms with E-state index in [1.54, 1.807) is 19.4 Å². The minimum Gasteiger partial charge on any atom is -0.355 e. The number of carbonyl (C=O) groups is 1. The van der Waals surface area contributed by atoms with Crippen molar-refractivity contribution in [2.45, 2.75) is 31.8 Å². The average molecular weight is 349 g/mol. The first-order chi connectivity index (χ1) is 12.8. The zero-order valence-corrected chi connectivity index (χ0v) is 14.9. The lowest BCUT2D eigenvalue weighted by atomic mass is 9.98. The van der Waals surface area contributed by atoms with E-state index >= 15 is 0 Å². The van der Waals surface area contributed by atoms with E-state index in [1.807, 2.05) is 16.6 Å². The SMILES string of the molecule is CNC(=O)c1cnn2c(C3CCCCN3Cc3ccccc3)ccnc12. The molecule has 134 valence electrons. The topological polar surface area (TPSA) is 62.5 Å². The summed E-state index contributed by atoms with van der Waals surface area (Å²) < 4.78 is 1.83. The molecule has 1 fully saturated rings. The van der Waals surface area contributed by atoms with Crippen molar-refractivity contribution < 1.29 is 4.79 Å². The second-order valence-electron chi connectivity index (χ2n) is 6.71. The summed E-state index contributed by atoms with van der Waals surface area (Å²) >= 11 is 0. The van der Waals surface area contributed by atoms with Crippen LogP contribution < -0.4 is 5.32 Å². The zero-order chi connectivity index (χ0) is 17.9. The predicted molar refractivity (Wildman–Crippen MR) is 99.8 cm³/mol. The van der Waals surface area contributed by atoms with Crippen LogP contribution in [0.3, 0.4) is 0 Å². The smallest absolute Gasteiger partial charge is 0.256 e. The standard InChI is InChI=1S/C20H23N5O/c1-21-20(26)16-13-23-25-18(10-11-22-19(16)25)17-9-5-6-12-24(17)14-15-7-3-2-4-8-15/h2-4,7-8,10-11,13,17H,5-6,9,12,14H2,1H3,(H,21,26). The summed E-state index contributed by atoms with van der Waals surface area (Å²) in [5, 5.41) is 7.13. The molecule has 0 radical (unpaired) electrons. The Balaban J connectivity index is 1.70. The summed E-state index contributed by atoms with van der Waals surface area (Å²) in [6.07, 6.45) is 6.88. The minimum atomic E-state index is -0.158.